The average Bonchev–Trinajstić information content (AvgIpc) is 2.34. The first-order valence-corrected chi connectivity index (χ1v) is 6.04. The minimum atomic E-state index is 0.995. The summed E-state index contributed by atoms with van der Waals surface area (Å²) in [6, 6.07) is 0. The van der Waals surface area contributed by atoms with Gasteiger partial charge in [-0.15, -0.1) is 6.58 Å². The van der Waals surface area contributed by atoms with Crippen molar-refractivity contribution in [1.29, 1.82) is 0 Å². The van der Waals surface area contributed by atoms with Crippen LogP contribution in [0.2, 0.25) is 0 Å². The third kappa shape index (κ3) is 6.28. The lowest BCUT2D eigenvalue weighted by molar-refractivity contribution is 0.653. The van der Waals surface area contributed by atoms with Crippen LogP contribution in [-0.2, 0) is 0 Å². The van der Waals surface area contributed by atoms with E-state index in [9.17, 15) is 0 Å². The van der Waals surface area contributed by atoms with Crippen molar-refractivity contribution in [3.8, 4) is 0 Å². The summed E-state index contributed by atoms with van der Waals surface area (Å²) >= 11 is 0. The summed E-state index contributed by atoms with van der Waals surface area (Å²) in [7, 11) is 1.82. The fourth-order valence-corrected chi connectivity index (χ4v) is 1.54. The summed E-state index contributed by atoms with van der Waals surface area (Å²) < 4.78 is 0. The van der Waals surface area contributed by atoms with Gasteiger partial charge in [0.15, 0.2) is 0 Å². The van der Waals surface area contributed by atoms with Gasteiger partial charge in [0, 0.05) is 0 Å². The lowest BCUT2D eigenvalue weighted by Crippen LogP contribution is -2.16. The van der Waals surface area contributed by atoms with Crippen LogP contribution in [0.5, 0.6) is 0 Å². The highest BCUT2D eigenvalue weighted by Crippen LogP contribution is 2.06. The van der Waals surface area contributed by atoms with Crippen LogP contribution < -0.4 is 5.34 Å². The smallest absolute Gasteiger partial charge is 0.297 e. The molecule has 0 saturated heterocycles. The maximum Gasteiger partial charge on any atom is 0.297 e. The molecule has 1 radical (unpaired) electrons. The summed E-state index contributed by atoms with van der Waals surface area (Å²) in [5.41, 5.74) is 0.995. The number of allylic oxidation sites excluding steroid dienone is 4. The molecular formula is C13H20BN2. The van der Waals surface area contributed by atoms with Crippen LogP contribution in [0, 0.1) is 0 Å². The number of nitrogens with one attached hydrogen (secondary N) is 1. The molecule has 0 fully saturated rings. The second kappa shape index (κ2) is 9.02. The Hall–Kier alpha value is -1.25. The van der Waals surface area contributed by atoms with E-state index >= 15 is 0 Å². The molecule has 1 aliphatic heterocycles. The fraction of sp³-hybridized carbons (Fsp3) is 0.462. The Morgan fingerprint density at radius 1 is 1.25 bits per heavy atom. The van der Waals surface area contributed by atoms with Crippen molar-refractivity contribution in [2.24, 2.45) is 5.10 Å². The van der Waals surface area contributed by atoms with Crippen LogP contribution in [0.1, 0.15) is 38.5 Å². The minimum absolute atomic E-state index is 0.995. The zero-order chi connectivity index (χ0) is 11.5. The normalized spacial score (nSPS) is 14.4. The summed E-state index contributed by atoms with van der Waals surface area (Å²) in [5, 5.41) is 6.94. The fourth-order valence-electron chi connectivity index (χ4n) is 1.54. The molecule has 0 saturated carbocycles. The summed E-state index contributed by atoms with van der Waals surface area (Å²) in [4.78, 5) is 0. The Balaban J connectivity index is 1.98. The zero-order valence-corrected chi connectivity index (χ0v) is 9.86. The van der Waals surface area contributed by atoms with E-state index in [0.717, 1.165) is 18.6 Å². The van der Waals surface area contributed by atoms with Gasteiger partial charge in [0.1, 0.15) is 0 Å². The van der Waals surface area contributed by atoms with E-state index in [1.165, 1.54) is 25.7 Å². The largest absolute Gasteiger partial charge is 0.353 e. The Bertz CT molecular complexity index is 280. The lowest BCUT2D eigenvalue weighted by atomic mass is 9.94. The van der Waals surface area contributed by atoms with Crippen molar-refractivity contribution in [2.45, 2.75) is 38.5 Å². The lowest BCUT2D eigenvalue weighted by Gasteiger charge is -2.01. The molecule has 0 bridgehead atoms. The van der Waals surface area contributed by atoms with Gasteiger partial charge in [-0.25, -0.2) is 0 Å². The molecule has 0 spiro atoms. The van der Waals surface area contributed by atoms with Crippen molar-refractivity contribution < 1.29 is 0 Å². The van der Waals surface area contributed by atoms with Crippen LogP contribution in [0.4, 0.5) is 0 Å². The van der Waals surface area contributed by atoms with Gasteiger partial charge in [-0.05, 0) is 37.8 Å². The van der Waals surface area contributed by atoms with Crippen LogP contribution in [0.3, 0.4) is 0 Å². The van der Waals surface area contributed by atoms with Gasteiger partial charge >= 0.3 is 0 Å². The van der Waals surface area contributed by atoms with Gasteiger partial charge in [-0.1, -0.05) is 31.0 Å². The zero-order valence-electron chi connectivity index (χ0n) is 9.86. The highest BCUT2D eigenvalue weighted by molar-refractivity contribution is 6.41. The number of unbranched alkanes of at least 4 members (excludes halogenated alkanes) is 5. The highest BCUT2D eigenvalue weighted by atomic mass is 15.2. The van der Waals surface area contributed by atoms with Gasteiger partial charge < -0.3 is 5.34 Å². The van der Waals surface area contributed by atoms with Crippen LogP contribution in [-0.4, -0.2) is 13.1 Å². The number of hydrogen-bond acceptors (Lipinski definition) is 2. The first-order chi connectivity index (χ1) is 7.93. The molecule has 16 heavy (non-hydrogen) atoms. The molecular weight excluding hydrogens is 195 g/mol. The van der Waals surface area contributed by atoms with E-state index in [2.05, 4.69) is 29.2 Å². The Labute approximate surface area is 99.5 Å². The molecule has 0 aromatic carbocycles. The van der Waals surface area contributed by atoms with Crippen molar-refractivity contribution in [2.75, 3.05) is 0 Å². The molecule has 0 aliphatic carbocycles. The summed E-state index contributed by atoms with van der Waals surface area (Å²) in [5.74, 6) is 1.96. The SMILES string of the molecule is C=CCCCCCCC=CC1=NN[B]C=C1. The Morgan fingerprint density at radius 3 is 2.75 bits per heavy atom. The molecule has 0 atom stereocenters. The molecule has 85 valence electrons. The highest BCUT2D eigenvalue weighted by Gasteiger charge is 1.93. The second-order valence-corrected chi connectivity index (χ2v) is 3.87. The van der Waals surface area contributed by atoms with Crippen molar-refractivity contribution in [3.63, 3.8) is 0 Å². The quantitative estimate of drug-likeness (QED) is 0.375. The predicted molar refractivity (Wildman–Crippen MR) is 72.5 cm³/mol. The summed E-state index contributed by atoms with van der Waals surface area (Å²) in [6.45, 7) is 3.72. The molecule has 0 amide bonds. The maximum absolute atomic E-state index is 4.11. The summed E-state index contributed by atoms with van der Waals surface area (Å²) in [6.07, 6.45) is 15.7. The molecule has 0 aromatic rings. The van der Waals surface area contributed by atoms with Gasteiger partial charge in [0.2, 0.25) is 0 Å². The van der Waals surface area contributed by atoms with E-state index in [1.54, 1.807) is 0 Å². The third-order valence-electron chi connectivity index (χ3n) is 2.45. The van der Waals surface area contributed by atoms with Gasteiger partial charge in [-0.3, -0.25) is 0 Å². The molecule has 1 rings (SSSR count). The second-order valence-electron chi connectivity index (χ2n) is 3.87. The van der Waals surface area contributed by atoms with E-state index in [0.29, 0.717) is 0 Å². The molecule has 0 aromatic heterocycles. The third-order valence-corrected chi connectivity index (χ3v) is 2.45. The standard InChI is InChI=1S/C13H20BN2/c1-2-3-4-5-6-7-8-9-10-13-11-12-14-16-15-13/h2,9-12,16H,1,3-8H2. The molecule has 1 N–H and O–H groups in total. The van der Waals surface area contributed by atoms with E-state index in [-0.39, 0.29) is 0 Å². The maximum atomic E-state index is 4.11. The van der Waals surface area contributed by atoms with Gasteiger partial charge in [0.25, 0.3) is 7.41 Å². The molecule has 1 aliphatic rings. The van der Waals surface area contributed by atoms with E-state index in [4.69, 9.17) is 0 Å². The van der Waals surface area contributed by atoms with E-state index < -0.39 is 0 Å². The number of rotatable bonds is 8. The van der Waals surface area contributed by atoms with Gasteiger partial charge in [-0.2, -0.15) is 5.10 Å². The average molecular weight is 215 g/mol. The first-order valence-electron chi connectivity index (χ1n) is 6.04. The number of hydrazone groups is 1. The van der Waals surface area contributed by atoms with Crippen LogP contribution in [0.15, 0.2) is 42.0 Å². The van der Waals surface area contributed by atoms with Crippen molar-refractivity contribution in [3.05, 3.63) is 36.9 Å². The van der Waals surface area contributed by atoms with Crippen molar-refractivity contribution >= 4 is 13.1 Å². The monoisotopic (exact) mass is 215 g/mol. The number of nitrogens with zero attached hydrogens (tertiary/aromatic N) is 1. The molecule has 1 heterocycles. The molecule has 2 nitrogen and oxygen atoms in total. The minimum Gasteiger partial charge on any atom is -0.353 e. The topological polar surface area (TPSA) is 24.4 Å². The van der Waals surface area contributed by atoms with Crippen LogP contribution in [0.25, 0.3) is 0 Å². The first kappa shape index (κ1) is 12.8. The Morgan fingerprint density at radius 2 is 2.06 bits per heavy atom. The molecule has 3 heteroatoms. The Kier molecular flexibility index (Phi) is 7.23. The van der Waals surface area contributed by atoms with Gasteiger partial charge in [0.05, 0.1) is 5.71 Å². The van der Waals surface area contributed by atoms with Crippen molar-refractivity contribution in [1.82, 2.24) is 5.34 Å². The predicted octanol–water partition coefficient (Wildman–Crippen LogP) is 3.16. The van der Waals surface area contributed by atoms with E-state index in [1.807, 2.05) is 25.5 Å². The number of hydrogen-bond donors (Lipinski definition) is 1. The molecule has 0 unspecified atom stereocenters. The van der Waals surface area contributed by atoms with Crippen LogP contribution >= 0.6 is 0 Å².